The highest BCUT2D eigenvalue weighted by atomic mass is 32.1. The first-order chi connectivity index (χ1) is 7.67. The van der Waals surface area contributed by atoms with Crippen LogP contribution in [0.2, 0.25) is 0 Å². The molecule has 3 heteroatoms. The van der Waals surface area contributed by atoms with E-state index in [-0.39, 0.29) is 0 Å². The molecule has 0 amide bonds. The highest BCUT2D eigenvalue weighted by Crippen LogP contribution is 2.42. The van der Waals surface area contributed by atoms with Crippen molar-refractivity contribution in [3.8, 4) is 0 Å². The Hall–Kier alpha value is -0.540. The van der Waals surface area contributed by atoms with Crippen LogP contribution in [0.25, 0.3) is 0 Å². The zero-order valence-corrected chi connectivity index (χ0v) is 11.4. The second-order valence-corrected chi connectivity index (χ2v) is 6.04. The molecule has 16 heavy (non-hydrogen) atoms. The Bertz CT molecular complexity index is 341. The van der Waals surface area contributed by atoms with Crippen LogP contribution in [-0.2, 0) is 0 Å². The monoisotopic (exact) mass is 238 g/mol. The lowest BCUT2D eigenvalue weighted by Crippen LogP contribution is -2.46. The van der Waals surface area contributed by atoms with Crippen molar-refractivity contribution in [1.29, 1.82) is 0 Å². The first-order valence-corrected chi connectivity index (χ1v) is 6.95. The van der Waals surface area contributed by atoms with Crippen molar-refractivity contribution in [3.63, 3.8) is 0 Å². The van der Waals surface area contributed by atoms with Crippen LogP contribution in [0.15, 0.2) is 11.4 Å². The fraction of sp³-hybridized carbons (Fsp3) is 0.692. The summed E-state index contributed by atoms with van der Waals surface area (Å²) in [6, 6.07) is 2.21. The number of hydrogen-bond donors (Lipinski definition) is 1. The fourth-order valence-corrected chi connectivity index (χ4v) is 3.67. The van der Waals surface area contributed by atoms with E-state index in [2.05, 4.69) is 42.7 Å². The molecule has 1 N–H and O–H groups in total. The summed E-state index contributed by atoms with van der Waals surface area (Å²) in [6.07, 6.45) is 4.16. The number of hydrogen-bond acceptors (Lipinski definition) is 3. The summed E-state index contributed by atoms with van der Waals surface area (Å²) >= 11 is 1.86. The highest BCUT2D eigenvalue weighted by molar-refractivity contribution is 7.14. The number of anilines is 1. The Labute approximate surface area is 103 Å². The largest absolute Gasteiger partial charge is 0.366 e. The minimum Gasteiger partial charge on any atom is -0.366 e. The quantitative estimate of drug-likeness (QED) is 0.848. The summed E-state index contributed by atoms with van der Waals surface area (Å²) in [5.41, 5.74) is 1.94. The van der Waals surface area contributed by atoms with Crippen LogP contribution in [0.1, 0.15) is 24.8 Å². The molecule has 1 heterocycles. The summed E-state index contributed by atoms with van der Waals surface area (Å²) in [7, 11) is 4.30. The molecule has 0 spiro atoms. The van der Waals surface area contributed by atoms with Crippen molar-refractivity contribution in [1.82, 2.24) is 5.32 Å². The molecule has 0 radical (unpaired) electrons. The second-order valence-electron chi connectivity index (χ2n) is 5.15. The smallest absolute Gasteiger partial charge is 0.0935 e. The predicted molar refractivity (Wildman–Crippen MR) is 72.5 cm³/mol. The van der Waals surface area contributed by atoms with Gasteiger partial charge in [-0.05, 0) is 43.8 Å². The lowest BCUT2D eigenvalue weighted by molar-refractivity contribution is 0.143. The van der Waals surface area contributed by atoms with Crippen LogP contribution in [0, 0.1) is 12.3 Å². The van der Waals surface area contributed by atoms with Crippen LogP contribution < -0.4 is 10.2 Å². The number of thiophene rings is 1. The maximum Gasteiger partial charge on any atom is 0.0935 e. The summed E-state index contributed by atoms with van der Waals surface area (Å²) in [5.74, 6) is 0. The van der Waals surface area contributed by atoms with Gasteiger partial charge in [-0.1, -0.05) is 6.42 Å². The molecule has 2 rings (SSSR count). The number of nitrogens with one attached hydrogen (secondary N) is 1. The summed E-state index contributed by atoms with van der Waals surface area (Å²) in [4.78, 5) is 2.44. The van der Waals surface area contributed by atoms with E-state index in [1.807, 2.05) is 11.3 Å². The predicted octanol–water partition coefficient (Wildman–Crippen LogP) is 2.88. The van der Waals surface area contributed by atoms with Crippen molar-refractivity contribution < 1.29 is 0 Å². The molecular weight excluding hydrogens is 216 g/mol. The lowest BCUT2D eigenvalue weighted by atomic mass is 9.68. The standard InChI is InChI=1S/C13H22N2S/c1-11-5-8-16-12(11)15(3)10-13(9-14-2)6-4-7-13/h5,8,14H,4,6-7,9-10H2,1-3H3. The molecule has 1 aliphatic carbocycles. The molecule has 1 aliphatic rings. The Balaban J connectivity index is 2.01. The van der Waals surface area contributed by atoms with Gasteiger partial charge in [-0.3, -0.25) is 0 Å². The average molecular weight is 238 g/mol. The molecule has 0 aromatic carbocycles. The van der Waals surface area contributed by atoms with Gasteiger partial charge in [-0.2, -0.15) is 0 Å². The van der Waals surface area contributed by atoms with E-state index in [1.54, 1.807) is 0 Å². The van der Waals surface area contributed by atoms with Crippen LogP contribution in [0.3, 0.4) is 0 Å². The SMILES string of the molecule is CNCC1(CN(C)c2sccc2C)CCC1. The van der Waals surface area contributed by atoms with E-state index in [4.69, 9.17) is 0 Å². The van der Waals surface area contributed by atoms with Gasteiger partial charge in [0, 0.05) is 25.6 Å². The minimum atomic E-state index is 0.528. The third-order valence-electron chi connectivity index (χ3n) is 3.72. The summed E-state index contributed by atoms with van der Waals surface area (Å²) in [6.45, 7) is 4.55. The first-order valence-electron chi connectivity index (χ1n) is 6.07. The summed E-state index contributed by atoms with van der Waals surface area (Å²) < 4.78 is 0. The van der Waals surface area contributed by atoms with E-state index < -0.39 is 0 Å². The van der Waals surface area contributed by atoms with E-state index in [0.29, 0.717) is 5.41 Å². The van der Waals surface area contributed by atoms with Gasteiger partial charge in [0.25, 0.3) is 0 Å². The Morgan fingerprint density at radius 1 is 1.50 bits per heavy atom. The topological polar surface area (TPSA) is 15.3 Å². The van der Waals surface area contributed by atoms with Crippen LogP contribution >= 0.6 is 11.3 Å². The average Bonchev–Trinajstić information content (AvgIpc) is 2.61. The zero-order chi connectivity index (χ0) is 11.6. The van der Waals surface area contributed by atoms with Gasteiger partial charge in [-0.15, -0.1) is 11.3 Å². The third kappa shape index (κ3) is 2.25. The van der Waals surface area contributed by atoms with Crippen molar-refractivity contribution in [3.05, 3.63) is 17.0 Å². The van der Waals surface area contributed by atoms with Gasteiger partial charge in [0.05, 0.1) is 5.00 Å². The fourth-order valence-electron chi connectivity index (χ4n) is 2.77. The maximum atomic E-state index is 3.35. The second kappa shape index (κ2) is 4.76. The van der Waals surface area contributed by atoms with Gasteiger partial charge >= 0.3 is 0 Å². The molecule has 0 aliphatic heterocycles. The molecule has 1 aromatic rings. The number of aryl methyl sites for hydroxylation is 1. The molecule has 0 unspecified atom stereocenters. The van der Waals surface area contributed by atoms with E-state index in [9.17, 15) is 0 Å². The van der Waals surface area contributed by atoms with Crippen molar-refractivity contribution in [2.75, 3.05) is 32.1 Å². The molecule has 1 saturated carbocycles. The van der Waals surface area contributed by atoms with Gasteiger partial charge in [0.15, 0.2) is 0 Å². The zero-order valence-electron chi connectivity index (χ0n) is 10.5. The van der Waals surface area contributed by atoms with E-state index in [1.165, 1.54) is 36.4 Å². The molecule has 2 nitrogen and oxygen atoms in total. The van der Waals surface area contributed by atoms with Gasteiger partial charge in [0.1, 0.15) is 0 Å². The normalized spacial score (nSPS) is 18.2. The molecular formula is C13H22N2S. The molecule has 1 aromatic heterocycles. The lowest BCUT2D eigenvalue weighted by Gasteiger charge is -2.44. The van der Waals surface area contributed by atoms with E-state index >= 15 is 0 Å². The van der Waals surface area contributed by atoms with E-state index in [0.717, 1.165) is 6.54 Å². The van der Waals surface area contributed by atoms with Gasteiger partial charge in [-0.25, -0.2) is 0 Å². The third-order valence-corrected chi connectivity index (χ3v) is 4.85. The number of nitrogens with zero attached hydrogens (tertiary/aromatic N) is 1. The minimum absolute atomic E-state index is 0.528. The molecule has 0 atom stereocenters. The first kappa shape index (κ1) is 11.9. The molecule has 1 fully saturated rings. The Kier molecular flexibility index (Phi) is 3.55. The maximum absolute atomic E-state index is 3.35. The number of rotatable bonds is 5. The van der Waals surface area contributed by atoms with Crippen molar-refractivity contribution in [2.24, 2.45) is 5.41 Å². The van der Waals surface area contributed by atoms with Gasteiger partial charge < -0.3 is 10.2 Å². The molecule has 0 saturated heterocycles. The Morgan fingerprint density at radius 3 is 2.69 bits per heavy atom. The molecule has 90 valence electrons. The summed E-state index contributed by atoms with van der Waals surface area (Å²) in [5, 5.41) is 6.97. The Morgan fingerprint density at radius 2 is 2.25 bits per heavy atom. The molecule has 0 bridgehead atoms. The van der Waals surface area contributed by atoms with Crippen LogP contribution in [0.5, 0.6) is 0 Å². The van der Waals surface area contributed by atoms with Crippen molar-refractivity contribution in [2.45, 2.75) is 26.2 Å². The van der Waals surface area contributed by atoms with Crippen molar-refractivity contribution >= 4 is 16.3 Å². The van der Waals surface area contributed by atoms with Crippen LogP contribution in [-0.4, -0.2) is 27.2 Å². The van der Waals surface area contributed by atoms with Gasteiger partial charge in [0.2, 0.25) is 0 Å². The van der Waals surface area contributed by atoms with Crippen LogP contribution in [0.4, 0.5) is 5.00 Å². The highest BCUT2D eigenvalue weighted by Gasteiger charge is 2.37.